The van der Waals surface area contributed by atoms with Crippen molar-refractivity contribution in [2.45, 2.75) is 31.3 Å². The van der Waals surface area contributed by atoms with Crippen molar-refractivity contribution in [3.8, 4) is 0 Å². The first kappa shape index (κ1) is 10.7. The molecule has 0 aromatic heterocycles. The molecule has 1 aliphatic heterocycles. The molecular weight excluding hydrogens is 184 g/mol. The third-order valence-electron chi connectivity index (χ3n) is 3.82. The van der Waals surface area contributed by atoms with Crippen LogP contribution in [0.1, 0.15) is 25.3 Å². The van der Waals surface area contributed by atoms with Gasteiger partial charge in [0.05, 0.1) is 5.54 Å². The minimum Gasteiger partial charge on any atom is -0.320 e. The van der Waals surface area contributed by atoms with E-state index in [0.29, 0.717) is 6.04 Å². The van der Waals surface area contributed by atoms with Crippen LogP contribution in [0.5, 0.6) is 0 Å². The second kappa shape index (κ2) is 3.95. The Morgan fingerprint density at radius 2 is 2.00 bits per heavy atom. The second-order valence-electron chi connectivity index (χ2n) is 4.67. The standard InChI is InChI=1S/C13H20N2/c1-11-13(14,9-6-10-15(11)2)12-7-4-3-5-8-12/h3-5,7-8,11H,6,9-10,14H2,1-2H3. The van der Waals surface area contributed by atoms with Crippen molar-refractivity contribution in [2.75, 3.05) is 13.6 Å². The van der Waals surface area contributed by atoms with Crippen molar-refractivity contribution in [2.24, 2.45) is 5.73 Å². The Bertz CT molecular complexity index is 323. The predicted octanol–water partition coefficient (Wildman–Crippen LogP) is 1.95. The van der Waals surface area contributed by atoms with Crippen molar-refractivity contribution >= 4 is 0 Å². The van der Waals surface area contributed by atoms with Gasteiger partial charge in [-0.15, -0.1) is 0 Å². The van der Waals surface area contributed by atoms with Crippen molar-refractivity contribution < 1.29 is 0 Å². The third-order valence-corrected chi connectivity index (χ3v) is 3.82. The predicted molar refractivity (Wildman–Crippen MR) is 63.6 cm³/mol. The number of hydrogen-bond acceptors (Lipinski definition) is 2. The van der Waals surface area contributed by atoms with Gasteiger partial charge in [0.15, 0.2) is 0 Å². The molecule has 2 heteroatoms. The van der Waals surface area contributed by atoms with Gasteiger partial charge in [0, 0.05) is 6.04 Å². The van der Waals surface area contributed by atoms with Crippen molar-refractivity contribution in [3.05, 3.63) is 35.9 Å². The van der Waals surface area contributed by atoms with Gasteiger partial charge in [0.1, 0.15) is 0 Å². The average Bonchev–Trinajstić information content (AvgIpc) is 2.27. The topological polar surface area (TPSA) is 29.3 Å². The highest BCUT2D eigenvalue weighted by Crippen LogP contribution is 2.33. The highest BCUT2D eigenvalue weighted by molar-refractivity contribution is 5.26. The number of likely N-dealkylation sites (N-methyl/N-ethyl adjacent to an activating group) is 1. The Hall–Kier alpha value is -0.860. The summed E-state index contributed by atoms with van der Waals surface area (Å²) in [6.45, 7) is 3.39. The van der Waals surface area contributed by atoms with E-state index in [9.17, 15) is 0 Å². The van der Waals surface area contributed by atoms with E-state index in [1.54, 1.807) is 0 Å². The molecule has 2 atom stereocenters. The van der Waals surface area contributed by atoms with Gasteiger partial charge in [-0.2, -0.15) is 0 Å². The van der Waals surface area contributed by atoms with Crippen LogP contribution in [0.15, 0.2) is 30.3 Å². The summed E-state index contributed by atoms with van der Waals surface area (Å²) < 4.78 is 0. The number of benzene rings is 1. The van der Waals surface area contributed by atoms with E-state index in [1.807, 2.05) is 6.07 Å². The van der Waals surface area contributed by atoms with Gasteiger partial charge in [-0.25, -0.2) is 0 Å². The van der Waals surface area contributed by atoms with Gasteiger partial charge in [-0.3, -0.25) is 0 Å². The van der Waals surface area contributed by atoms with Crippen LogP contribution in [0.3, 0.4) is 0 Å². The second-order valence-corrected chi connectivity index (χ2v) is 4.67. The number of piperidine rings is 1. The highest BCUT2D eigenvalue weighted by Gasteiger charge is 2.38. The molecule has 0 saturated carbocycles. The Kier molecular flexibility index (Phi) is 2.81. The lowest BCUT2D eigenvalue weighted by Gasteiger charge is -2.45. The van der Waals surface area contributed by atoms with Crippen molar-refractivity contribution in [1.82, 2.24) is 4.90 Å². The van der Waals surface area contributed by atoms with Gasteiger partial charge in [-0.1, -0.05) is 30.3 Å². The van der Waals surface area contributed by atoms with Crippen LogP contribution < -0.4 is 5.73 Å². The molecule has 1 fully saturated rings. The first-order chi connectivity index (χ1) is 7.14. The Balaban J connectivity index is 2.32. The molecule has 0 aliphatic carbocycles. The summed E-state index contributed by atoms with van der Waals surface area (Å²) in [4.78, 5) is 2.36. The molecule has 0 spiro atoms. The zero-order valence-electron chi connectivity index (χ0n) is 9.61. The summed E-state index contributed by atoms with van der Waals surface area (Å²) in [5.41, 5.74) is 7.67. The maximum absolute atomic E-state index is 6.57. The van der Waals surface area contributed by atoms with Crippen LogP contribution >= 0.6 is 0 Å². The lowest BCUT2D eigenvalue weighted by molar-refractivity contribution is 0.106. The maximum atomic E-state index is 6.57. The average molecular weight is 204 g/mol. The Labute approximate surface area is 92.1 Å². The molecule has 1 aromatic carbocycles. The van der Waals surface area contributed by atoms with E-state index in [1.165, 1.54) is 12.0 Å². The highest BCUT2D eigenvalue weighted by atomic mass is 15.2. The molecule has 0 radical (unpaired) electrons. The van der Waals surface area contributed by atoms with E-state index in [-0.39, 0.29) is 5.54 Å². The Morgan fingerprint density at radius 1 is 1.33 bits per heavy atom. The smallest absolute Gasteiger partial charge is 0.0564 e. The normalized spacial score (nSPS) is 32.9. The molecular formula is C13H20N2. The first-order valence-electron chi connectivity index (χ1n) is 5.69. The summed E-state index contributed by atoms with van der Waals surface area (Å²) in [6.07, 6.45) is 2.27. The molecule has 2 nitrogen and oxygen atoms in total. The first-order valence-corrected chi connectivity index (χ1v) is 5.69. The van der Waals surface area contributed by atoms with Crippen LogP contribution in [0.2, 0.25) is 0 Å². The van der Waals surface area contributed by atoms with Crippen molar-refractivity contribution in [3.63, 3.8) is 0 Å². The summed E-state index contributed by atoms with van der Waals surface area (Å²) in [5, 5.41) is 0. The lowest BCUT2D eigenvalue weighted by Crippen LogP contribution is -2.57. The molecule has 1 saturated heterocycles. The molecule has 1 aliphatic rings. The fraction of sp³-hybridized carbons (Fsp3) is 0.538. The minimum atomic E-state index is -0.172. The number of nitrogens with zero attached hydrogens (tertiary/aromatic N) is 1. The van der Waals surface area contributed by atoms with Gasteiger partial charge in [-0.05, 0) is 38.9 Å². The fourth-order valence-corrected chi connectivity index (χ4v) is 2.55. The van der Waals surface area contributed by atoms with E-state index >= 15 is 0 Å². The van der Waals surface area contributed by atoms with Gasteiger partial charge >= 0.3 is 0 Å². The van der Waals surface area contributed by atoms with Crippen LogP contribution in [-0.4, -0.2) is 24.5 Å². The SMILES string of the molecule is CC1N(C)CCCC1(N)c1ccccc1. The Morgan fingerprint density at radius 3 is 2.67 bits per heavy atom. The summed E-state index contributed by atoms with van der Waals surface area (Å²) >= 11 is 0. The zero-order chi connectivity index (χ0) is 10.9. The number of hydrogen-bond donors (Lipinski definition) is 1. The largest absolute Gasteiger partial charge is 0.320 e. The number of likely N-dealkylation sites (tertiary alicyclic amines) is 1. The third kappa shape index (κ3) is 1.80. The monoisotopic (exact) mass is 204 g/mol. The van der Waals surface area contributed by atoms with E-state index in [4.69, 9.17) is 5.73 Å². The molecule has 15 heavy (non-hydrogen) atoms. The van der Waals surface area contributed by atoms with Crippen molar-refractivity contribution in [1.29, 1.82) is 0 Å². The van der Waals surface area contributed by atoms with Crippen LogP contribution in [-0.2, 0) is 5.54 Å². The van der Waals surface area contributed by atoms with E-state index in [0.717, 1.165) is 13.0 Å². The van der Waals surface area contributed by atoms with Crippen LogP contribution in [0, 0.1) is 0 Å². The molecule has 0 bridgehead atoms. The van der Waals surface area contributed by atoms with Gasteiger partial charge in [0.2, 0.25) is 0 Å². The fourth-order valence-electron chi connectivity index (χ4n) is 2.55. The summed E-state index contributed by atoms with van der Waals surface area (Å²) in [7, 11) is 2.16. The molecule has 0 amide bonds. The molecule has 2 unspecified atom stereocenters. The molecule has 1 aromatic rings. The maximum Gasteiger partial charge on any atom is 0.0564 e. The van der Waals surface area contributed by atoms with Crippen LogP contribution in [0.25, 0.3) is 0 Å². The quantitative estimate of drug-likeness (QED) is 0.757. The molecule has 82 valence electrons. The van der Waals surface area contributed by atoms with Crippen LogP contribution in [0.4, 0.5) is 0 Å². The molecule has 1 heterocycles. The molecule has 2 N–H and O–H groups in total. The lowest BCUT2D eigenvalue weighted by atomic mass is 9.77. The summed E-state index contributed by atoms with van der Waals surface area (Å²) in [5.74, 6) is 0. The van der Waals surface area contributed by atoms with E-state index < -0.39 is 0 Å². The number of rotatable bonds is 1. The van der Waals surface area contributed by atoms with E-state index in [2.05, 4.69) is 43.1 Å². The summed E-state index contributed by atoms with van der Waals surface area (Å²) in [6, 6.07) is 10.9. The van der Waals surface area contributed by atoms with Gasteiger partial charge in [0.25, 0.3) is 0 Å². The zero-order valence-corrected chi connectivity index (χ0v) is 9.61. The minimum absolute atomic E-state index is 0.172. The van der Waals surface area contributed by atoms with Gasteiger partial charge < -0.3 is 10.6 Å². The molecule has 2 rings (SSSR count). The number of nitrogens with two attached hydrogens (primary N) is 1.